The van der Waals surface area contributed by atoms with Crippen LogP contribution in [-0.2, 0) is 14.8 Å². The van der Waals surface area contributed by atoms with Crippen LogP contribution in [-0.4, -0.2) is 42.2 Å². The number of anilines is 2. The Morgan fingerprint density at radius 3 is 2.31 bits per heavy atom. The molecule has 0 saturated heterocycles. The standard InChI is InChI=1S/C22H29N5O4S/c1-14(2)27-32(29,30)19-6-4-17(5-7-19)25-20-23-12-16(13-24-20)15-10-18(11-15)31-21(28)26-22(3)8-9-22/h4-7,12-15,18,27H,8-11H2,1-3H3,(H,26,28)(H,23,24,25). The van der Waals surface area contributed by atoms with Crippen LogP contribution in [0.2, 0.25) is 0 Å². The van der Waals surface area contributed by atoms with E-state index in [0.717, 1.165) is 31.2 Å². The zero-order valence-electron chi connectivity index (χ0n) is 18.5. The van der Waals surface area contributed by atoms with E-state index in [0.29, 0.717) is 11.6 Å². The van der Waals surface area contributed by atoms with Gasteiger partial charge in [0, 0.05) is 29.7 Å². The molecular formula is C22H29N5O4S. The molecule has 2 aliphatic rings. The van der Waals surface area contributed by atoms with E-state index in [1.807, 2.05) is 6.92 Å². The van der Waals surface area contributed by atoms with Gasteiger partial charge in [-0.25, -0.2) is 27.9 Å². The lowest BCUT2D eigenvalue weighted by Gasteiger charge is -2.34. The highest BCUT2D eigenvalue weighted by Crippen LogP contribution is 2.39. The zero-order chi connectivity index (χ0) is 22.9. The summed E-state index contributed by atoms with van der Waals surface area (Å²) in [5.74, 6) is 0.699. The fourth-order valence-electron chi connectivity index (χ4n) is 3.51. The maximum atomic E-state index is 12.2. The molecule has 1 amide bonds. The lowest BCUT2D eigenvalue weighted by atomic mass is 9.78. The number of alkyl carbamates (subject to hydrolysis) is 1. The summed E-state index contributed by atoms with van der Waals surface area (Å²) in [7, 11) is -3.52. The van der Waals surface area contributed by atoms with Crippen LogP contribution in [0, 0.1) is 0 Å². The monoisotopic (exact) mass is 459 g/mol. The predicted molar refractivity (Wildman–Crippen MR) is 120 cm³/mol. The van der Waals surface area contributed by atoms with Gasteiger partial charge in [0.1, 0.15) is 6.10 Å². The summed E-state index contributed by atoms with van der Waals surface area (Å²) >= 11 is 0. The summed E-state index contributed by atoms with van der Waals surface area (Å²) in [5.41, 5.74) is 1.62. The Labute approximate surface area is 188 Å². The number of amides is 1. The van der Waals surface area contributed by atoms with Crippen LogP contribution < -0.4 is 15.4 Å². The van der Waals surface area contributed by atoms with Crippen LogP contribution in [0.3, 0.4) is 0 Å². The van der Waals surface area contributed by atoms with Crippen molar-refractivity contribution in [2.45, 2.75) is 75.0 Å². The highest BCUT2D eigenvalue weighted by Gasteiger charge is 2.41. The van der Waals surface area contributed by atoms with Crippen molar-refractivity contribution >= 4 is 27.8 Å². The molecule has 0 unspecified atom stereocenters. The van der Waals surface area contributed by atoms with Gasteiger partial charge in [0.25, 0.3) is 0 Å². The molecule has 1 aromatic carbocycles. The van der Waals surface area contributed by atoms with Crippen LogP contribution in [0.4, 0.5) is 16.4 Å². The molecule has 4 rings (SSSR count). The number of aromatic nitrogens is 2. The molecule has 3 N–H and O–H groups in total. The van der Waals surface area contributed by atoms with Crippen molar-refractivity contribution in [3.63, 3.8) is 0 Å². The van der Waals surface area contributed by atoms with Crippen molar-refractivity contribution in [1.82, 2.24) is 20.0 Å². The van der Waals surface area contributed by atoms with Crippen LogP contribution in [0.25, 0.3) is 0 Å². The molecule has 0 radical (unpaired) electrons. The largest absolute Gasteiger partial charge is 0.446 e. The summed E-state index contributed by atoms with van der Waals surface area (Å²) < 4.78 is 32.4. The fourth-order valence-corrected chi connectivity index (χ4v) is 4.76. The molecule has 0 spiro atoms. The quantitative estimate of drug-likeness (QED) is 0.553. The van der Waals surface area contributed by atoms with E-state index < -0.39 is 10.0 Å². The van der Waals surface area contributed by atoms with Crippen molar-refractivity contribution in [2.75, 3.05) is 5.32 Å². The molecule has 1 heterocycles. The minimum Gasteiger partial charge on any atom is -0.446 e. The second-order valence-electron chi connectivity index (χ2n) is 9.15. The van der Waals surface area contributed by atoms with Crippen molar-refractivity contribution in [2.24, 2.45) is 0 Å². The average molecular weight is 460 g/mol. The first-order chi connectivity index (χ1) is 15.1. The van der Waals surface area contributed by atoms with Gasteiger partial charge in [0.15, 0.2) is 0 Å². The van der Waals surface area contributed by atoms with Crippen LogP contribution >= 0.6 is 0 Å². The Kier molecular flexibility index (Phi) is 6.09. The Hall–Kier alpha value is -2.72. The van der Waals surface area contributed by atoms with Gasteiger partial charge in [-0.2, -0.15) is 0 Å². The Balaban J connectivity index is 1.27. The second-order valence-corrected chi connectivity index (χ2v) is 10.9. The number of carbonyl (C=O) groups excluding carboxylic acids is 1. The van der Waals surface area contributed by atoms with Crippen LogP contribution in [0.15, 0.2) is 41.6 Å². The molecule has 2 fully saturated rings. The number of ether oxygens (including phenoxy) is 1. The number of nitrogens with zero attached hydrogens (tertiary/aromatic N) is 2. The summed E-state index contributed by atoms with van der Waals surface area (Å²) in [6.07, 6.45) is 6.68. The fraction of sp³-hybridized carbons (Fsp3) is 0.500. The Bertz CT molecular complexity index is 1060. The number of rotatable bonds is 8. The van der Waals surface area contributed by atoms with Gasteiger partial charge in [-0.05, 0) is 82.2 Å². The van der Waals surface area contributed by atoms with Gasteiger partial charge < -0.3 is 15.4 Å². The van der Waals surface area contributed by atoms with E-state index in [9.17, 15) is 13.2 Å². The number of benzene rings is 1. The van der Waals surface area contributed by atoms with E-state index in [1.54, 1.807) is 38.4 Å². The highest BCUT2D eigenvalue weighted by molar-refractivity contribution is 7.89. The smallest absolute Gasteiger partial charge is 0.407 e. The molecule has 172 valence electrons. The first-order valence-electron chi connectivity index (χ1n) is 10.8. The van der Waals surface area contributed by atoms with E-state index in [4.69, 9.17) is 4.74 Å². The zero-order valence-corrected chi connectivity index (χ0v) is 19.3. The van der Waals surface area contributed by atoms with Gasteiger partial charge in [0.2, 0.25) is 16.0 Å². The van der Waals surface area contributed by atoms with Gasteiger partial charge in [-0.3, -0.25) is 0 Å². The highest BCUT2D eigenvalue weighted by atomic mass is 32.2. The third-order valence-corrected chi connectivity index (χ3v) is 7.40. The first kappa shape index (κ1) is 22.5. The molecule has 2 aromatic rings. The lowest BCUT2D eigenvalue weighted by Crippen LogP contribution is -2.40. The van der Waals surface area contributed by atoms with Gasteiger partial charge >= 0.3 is 6.09 Å². The first-order valence-corrected chi connectivity index (χ1v) is 12.3. The molecule has 0 atom stereocenters. The number of nitrogens with one attached hydrogen (secondary N) is 3. The van der Waals surface area contributed by atoms with E-state index in [2.05, 4.69) is 25.3 Å². The Morgan fingerprint density at radius 1 is 1.12 bits per heavy atom. The maximum Gasteiger partial charge on any atom is 0.407 e. The molecule has 2 aliphatic carbocycles. The molecule has 10 heteroatoms. The van der Waals surface area contributed by atoms with E-state index in [-0.39, 0.29) is 34.6 Å². The third-order valence-electron chi connectivity index (χ3n) is 5.73. The third kappa shape index (κ3) is 5.55. The second kappa shape index (κ2) is 8.67. The van der Waals surface area contributed by atoms with Gasteiger partial charge in [-0.15, -0.1) is 0 Å². The number of carbonyl (C=O) groups is 1. The van der Waals surface area contributed by atoms with Crippen molar-refractivity contribution < 1.29 is 17.9 Å². The molecule has 32 heavy (non-hydrogen) atoms. The van der Waals surface area contributed by atoms with E-state index in [1.165, 1.54) is 12.1 Å². The van der Waals surface area contributed by atoms with Gasteiger partial charge in [0.05, 0.1) is 4.90 Å². The van der Waals surface area contributed by atoms with Crippen molar-refractivity contribution in [3.05, 3.63) is 42.2 Å². The SMILES string of the molecule is CC(C)NS(=O)(=O)c1ccc(Nc2ncc(C3CC(OC(=O)NC4(C)CC4)C3)cn2)cc1. The molecule has 1 aromatic heterocycles. The Morgan fingerprint density at radius 2 is 1.75 bits per heavy atom. The molecule has 0 bridgehead atoms. The normalized spacial score (nSPS) is 21.5. The topological polar surface area (TPSA) is 122 Å². The molecule has 9 nitrogen and oxygen atoms in total. The van der Waals surface area contributed by atoms with Crippen molar-refractivity contribution in [1.29, 1.82) is 0 Å². The van der Waals surface area contributed by atoms with Crippen LogP contribution in [0.1, 0.15) is 57.9 Å². The van der Waals surface area contributed by atoms with Crippen molar-refractivity contribution in [3.8, 4) is 0 Å². The lowest BCUT2D eigenvalue weighted by molar-refractivity contribution is 0.0373. The molecular weight excluding hydrogens is 430 g/mol. The summed E-state index contributed by atoms with van der Waals surface area (Å²) in [6.45, 7) is 5.57. The number of hydrogen-bond donors (Lipinski definition) is 3. The minimum atomic E-state index is -3.52. The summed E-state index contributed by atoms with van der Waals surface area (Å²) in [4.78, 5) is 20.8. The summed E-state index contributed by atoms with van der Waals surface area (Å²) in [6, 6.07) is 6.25. The average Bonchev–Trinajstić information content (AvgIpc) is 3.41. The van der Waals surface area contributed by atoms with Crippen LogP contribution in [0.5, 0.6) is 0 Å². The van der Waals surface area contributed by atoms with Gasteiger partial charge in [-0.1, -0.05) is 0 Å². The minimum absolute atomic E-state index is 0.0693. The number of sulfonamides is 1. The maximum absolute atomic E-state index is 12.2. The predicted octanol–water partition coefficient (Wildman–Crippen LogP) is 3.43. The number of hydrogen-bond acceptors (Lipinski definition) is 7. The summed E-state index contributed by atoms with van der Waals surface area (Å²) in [5, 5.41) is 5.98. The van der Waals surface area contributed by atoms with E-state index >= 15 is 0 Å². The molecule has 0 aliphatic heterocycles. The molecule has 2 saturated carbocycles.